The quantitative estimate of drug-likeness (QED) is 0.227. The molecule has 0 spiro atoms. The van der Waals surface area contributed by atoms with Crippen molar-refractivity contribution < 1.29 is 18.8 Å². The van der Waals surface area contributed by atoms with Gasteiger partial charge >= 0.3 is 0 Å². The Morgan fingerprint density at radius 3 is 2.66 bits per heavy atom. The largest absolute Gasteiger partial charge is 0.463 e. The topological polar surface area (TPSA) is 104 Å². The molecule has 4 aromatic rings. The lowest BCUT2D eigenvalue weighted by Crippen LogP contribution is -2.11. The number of benzene rings is 2. The molecule has 0 saturated heterocycles. The van der Waals surface area contributed by atoms with Crippen LogP contribution in [-0.2, 0) is 0 Å². The number of nitrogens with zero attached hydrogens (tertiary/aromatic N) is 4. The fourth-order valence-electron chi connectivity index (χ4n) is 3.04. The van der Waals surface area contributed by atoms with E-state index in [0.29, 0.717) is 38.5 Å². The van der Waals surface area contributed by atoms with E-state index in [9.17, 15) is 10.1 Å². The number of furan rings is 1. The minimum absolute atomic E-state index is 0.0130. The highest BCUT2D eigenvalue weighted by Gasteiger charge is 2.22. The van der Waals surface area contributed by atoms with Crippen molar-refractivity contribution in [1.29, 1.82) is 0 Å². The predicted octanol–water partition coefficient (Wildman–Crippen LogP) is 5.21. The third-order valence-electron chi connectivity index (χ3n) is 4.54. The van der Waals surface area contributed by atoms with Gasteiger partial charge in [-0.05, 0) is 42.5 Å². The minimum Gasteiger partial charge on any atom is -0.463 e. The van der Waals surface area contributed by atoms with Crippen LogP contribution in [0.15, 0.2) is 74.7 Å². The fraction of sp³-hybridized carbons (Fsp3) is 0.0476. The fourth-order valence-corrected chi connectivity index (χ4v) is 4.00. The summed E-state index contributed by atoms with van der Waals surface area (Å²) < 4.78 is 17.7. The van der Waals surface area contributed by atoms with Crippen molar-refractivity contribution >= 4 is 40.5 Å². The van der Waals surface area contributed by atoms with E-state index in [0.717, 1.165) is 0 Å². The number of fused-ring (bicyclic) bond motifs is 1. The van der Waals surface area contributed by atoms with Crippen LogP contribution >= 0.6 is 22.9 Å². The number of hydrogen-bond donors (Lipinski definition) is 0. The summed E-state index contributed by atoms with van der Waals surface area (Å²) in [6.45, 7) is 0.0130. The molecule has 5 rings (SSSR count). The molecule has 0 atom stereocenters. The van der Waals surface area contributed by atoms with Gasteiger partial charge in [-0.25, -0.2) is 9.67 Å². The molecule has 1 aliphatic heterocycles. The number of nitro groups is 1. The molecule has 3 heterocycles. The molecule has 9 nitrogen and oxygen atoms in total. The van der Waals surface area contributed by atoms with Crippen molar-refractivity contribution in [3.63, 3.8) is 0 Å². The van der Waals surface area contributed by atoms with Gasteiger partial charge in [0.2, 0.25) is 11.6 Å². The maximum absolute atomic E-state index is 11.6. The van der Waals surface area contributed by atoms with Gasteiger partial charge in [0.05, 0.1) is 34.7 Å². The molecular formula is C21H13ClN4O5S. The zero-order valence-electron chi connectivity index (χ0n) is 16.2. The van der Waals surface area contributed by atoms with Crippen molar-refractivity contribution in [2.45, 2.75) is 0 Å². The third-order valence-corrected chi connectivity index (χ3v) is 5.61. The van der Waals surface area contributed by atoms with Crippen LogP contribution in [0.1, 0.15) is 5.56 Å². The van der Waals surface area contributed by atoms with Gasteiger partial charge in [-0.2, -0.15) is 5.10 Å². The first-order valence-corrected chi connectivity index (χ1v) is 10.5. The van der Waals surface area contributed by atoms with Crippen LogP contribution in [0, 0.1) is 10.1 Å². The van der Waals surface area contributed by atoms with Gasteiger partial charge in [0.1, 0.15) is 5.69 Å². The first-order valence-electron chi connectivity index (χ1n) is 9.25. The van der Waals surface area contributed by atoms with Crippen molar-refractivity contribution in [3.05, 3.63) is 85.7 Å². The third kappa shape index (κ3) is 3.88. The van der Waals surface area contributed by atoms with Crippen LogP contribution in [-0.4, -0.2) is 22.6 Å². The molecule has 32 heavy (non-hydrogen) atoms. The average Bonchev–Trinajstić information content (AvgIpc) is 3.54. The summed E-state index contributed by atoms with van der Waals surface area (Å²) in [6, 6.07) is 13.5. The molecule has 0 unspecified atom stereocenters. The van der Waals surface area contributed by atoms with E-state index >= 15 is 0 Å². The van der Waals surface area contributed by atoms with Gasteiger partial charge in [-0.1, -0.05) is 11.6 Å². The second-order valence-electron chi connectivity index (χ2n) is 6.55. The van der Waals surface area contributed by atoms with Crippen molar-refractivity contribution in [2.75, 3.05) is 6.79 Å². The first kappa shape index (κ1) is 20.0. The van der Waals surface area contributed by atoms with E-state index in [4.69, 9.17) is 25.5 Å². The summed E-state index contributed by atoms with van der Waals surface area (Å²) in [6.07, 6.45) is 2.94. The molecule has 2 aromatic heterocycles. The Morgan fingerprint density at radius 1 is 1.16 bits per heavy atom. The molecule has 0 amide bonds. The molecule has 0 bridgehead atoms. The smallest absolute Gasteiger partial charge is 0.282 e. The number of ether oxygens (including phenoxy) is 2. The van der Waals surface area contributed by atoms with Gasteiger partial charge in [-0.3, -0.25) is 10.1 Å². The second kappa shape index (κ2) is 8.33. The van der Waals surface area contributed by atoms with Crippen LogP contribution in [0.4, 0.5) is 11.4 Å². The lowest BCUT2D eigenvalue weighted by Gasteiger charge is -2.03. The van der Waals surface area contributed by atoms with Crippen LogP contribution in [0.25, 0.3) is 11.5 Å². The number of halogens is 1. The number of hydrogen-bond acceptors (Lipinski definition) is 8. The summed E-state index contributed by atoms with van der Waals surface area (Å²) in [5.74, 6) is 1.33. The monoisotopic (exact) mass is 468 g/mol. The standard InChI is InChI=1S/C21H13ClN4O5S/c22-14-3-5-15(6-4-14)24-21-25(17(11-32-21)18-2-1-7-29-18)23-10-13-8-19-20(31-12-30-19)9-16(13)26(27)28/h1-11H,12H2. The molecule has 11 heteroatoms. The summed E-state index contributed by atoms with van der Waals surface area (Å²) >= 11 is 7.31. The maximum Gasteiger partial charge on any atom is 0.282 e. The lowest BCUT2D eigenvalue weighted by molar-refractivity contribution is -0.385. The second-order valence-corrected chi connectivity index (χ2v) is 7.82. The SMILES string of the molecule is O=[N+]([O-])c1cc2c(cc1C=Nn1c(-c3ccco3)csc1=Nc1ccc(Cl)cc1)OCO2. The number of rotatable bonds is 5. The van der Waals surface area contributed by atoms with Gasteiger partial charge < -0.3 is 13.9 Å². The van der Waals surface area contributed by atoms with E-state index in [1.807, 2.05) is 5.38 Å². The molecule has 160 valence electrons. The van der Waals surface area contributed by atoms with E-state index in [-0.39, 0.29) is 18.0 Å². The van der Waals surface area contributed by atoms with Crippen LogP contribution in [0.5, 0.6) is 11.5 Å². The van der Waals surface area contributed by atoms with Crippen molar-refractivity contribution in [3.8, 4) is 23.0 Å². The average molecular weight is 469 g/mol. The van der Waals surface area contributed by atoms with E-state index in [1.165, 1.54) is 29.7 Å². The van der Waals surface area contributed by atoms with E-state index < -0.39 is 4.92 Å². The molecule has 0 N–H and O–H groups in total. The molecule has 1 aliphatic rings. The van der Waals surface area contributed by atoms with Gasteiger partial charge in [0.25, 0.3) is 5.69 Å². The highest BCUT2D eigenvalue weighted by Crippen LogP contribution is 2.37. The summed E-state index contributed by atoms with van der Waals surface area (Å²) in [5, 5.41) is 18.5. The van der Waals surface area contributed by atoms with Gasteiger partial charge in [0, 0.05) is 10.4 Å². The Bertz CT molecular complexity index is 1390. The molecule has 0 radical (unpaired) electrons. The molecule has 2 aromatic carbocycles. The predicted molar refractivity (Wildman–Crippen MR) is 119 cm³/mol. The van der Waals surface area contributed by atoms with Crippen molar-refractivity contribution in [2.24, 2.45) is 10.1 Å². The zero-order valence-corrected chi connectivity index (χ0v) is 17.7. The summed E-state index contributed by atoms with van der Waals surface area (Å²) in [7, 11) is 0. The Labute approximate surface area is 189 Å². The van der Waals surface area contributed by atoms with E-state index in [2.05, 4.69) is 10.1 Å². The Morgan fingerprint density at radius 2 is 1.94 bits per heavy atom. The van der Waals surface area contributed by atoms with E-state index in [1.54, 1.807) is 47.3 Å². The van der Waals surface area contributed by atoms with Crippen LogP contribution in [0.2, 0.25) is 5.02 Å². The number of nitro benzene ring substituents is 1. The number of aromatic nitrogens is 1. The molecule has 0 saturated carbocycles. The Kier molecular flexibility index (Phi) is 5.21. The molecular weight excluding hydrogens is 456 g/mol. The van der Waals surface area contributed by atoms with Crippen LogP contribution in [0.3, 0.4) is 0 Å². The Hall–Kier alpha value is -3.89. The van der Waals surface area contributed by atoms with Gasteiger partial charge in [-0.15, -0.1) is 11.3 Å². The highest BCUT2D eigenvalue weighted by molar-refractivity contribution is 7.07. The maximum atomic E-state index is 11.6. The molecule has 0 aliphatic carbocycles. The summed E-state index contributed by atoms with van der Waals surface area (Å²) in [4.78, 5) is 16.2. The zero-order chi connectivity index (χ0) is 22.1. The van der Waals surface area contributed by atoms with Gasteiger partial charge in [0.15, 0.2) is 17.3 Å². The minimum atomic E-state index is -0.492. The highest BCUT2D eigenvalue weighted by atomic mass is 35.5. The van der Waals surface area contributed by atoms with Crippen LogP contribution < -0.4 is 14.3 Å². The summed E-state index contributed by atoms with van der Waals surface area (Å²) in [5.41, 5.74) is 1.44. The van der Waals surface area contributed by atoms with Crippen molar-refractivity contribution in [1.82, 2.24) is 4.68 Å². The molecule has 0 fully saturated rings. The Balaban J connectivity index is 1.63. The number of thiazole rings is 1. The lowest BCUT2D eigenvalue weighted by atomic mass is 10.1. The normalized spacial score (nSPS) is 13.2. The first-order chi connectivity index (χ1) is 15.6.